The fourth-order valence-corrected chi connectivity index (χ4v) is 4.82. The van der Waals surface area contributed by atoms with Crippen molar-refractivity contribution in [3.05, 3.63) is 59.5 Å². The van der Waals surface area contributed by atoms with Crippen molar-refractivity contribution >= 4 is 11.9 Å². The SMILES string of the molecule is CNC(=O)c1cccc(CCNC(=NCCc2ccco2)NC2CC3CCC2C3)c1. The number of rotatable bonds is 8. The Hall–Kier alpha value is -2.76. The first-order valence-electron chi connectivity index (χ1n) is 11.1. The molecule has 1 heterocycles. The summed E-state index contributed by atoms with van der Waals surface area (Å²) >= 11 is 0. The molecule has 30 heavy (non-hydrogen) atoms. The standard InChI is InChI=1S/C24H32N4O2/c1-25-23(29)20-5-2-4-17(14-20)9-11-26-24(27-12-10-21-6-3-13-30-21)28-22-16-18-7-8-19(22)15-18/h2-6,13-14,18-19,22H,7-12,15-16H2,1H3,(H,25,29)(H2,26,27,28). The molecule has 1 aromatic carbocycles. The third-order valence-corrected chi connectivity index (χ3v) is 6.39. The fraction of sp³-hybridized carbons (Fsp3) is 0.500. The Kier molecular flexibility index (Phi) is 6.72. The summed E-state index contributed by atoms with van der Waals surface area (Å²) in [4.78, 5) is 16.7. The normalized spacial score (nSPS) is 22.8. The van der Waals surface area contributed by atoms with E-state index in [0.717, 1.165) is 48.5 Å². The number of fused-ring (bicyclic) bond motifs is 2. The lowest BCUT2D eigenvalue weighted by Crippen LogP contribution is -2.46. The van der Waals surface area contributed by atoms with Gasteiger partial charge in [0.1, 0.15) is 5.76 Å². The molecule has 2 saturated carbocycles. The predicted octanol–water partition coefficient (Wildman–Crippen LogP) is 3.15. The van der Waals surface area contributed by atoms with Crippen molar-refractivity contribution in [2.75, 3.05) is 20.1 Å². The van der Waals surface area contributed by atoms with Crippen LogP contribution in [0, 0.1) is 11.8 Å². The van der Waals surface area contributed by atoms with Gasteiger partial charge in [-0.25, -0.2) is 0 Å². The average molecular weight is 409 g/mol. The molecular weight excluding hydrogens is 376 g/mol. The van der Waals surface area contributed by atoms with E-state index in [1.807, 2.05) is 30.3 Å². The van der Waals surface area contributed by atoms with Gasteiger partial charge in [-0.05, 0) is 67.3 Å². The zero-order valence-corrected chi connectivity index (χ0v) is 17.7. The summed E-state index contributed by atoms with van der Waals surface area (Å²) in [5.74, 6) is 3.48. The van der Waals surface area contributed by atoms with Crippen molar-refractivity contribution in [2.24, 2.45) is 16.8 Å². The zero-order chi connectivity index (χ0) is 20.8. The van der Waals surface area contributed by atoms with E-state index in [2.05, 4.69) is 22.0 Å². The molecule has 6 nitrogen and oxygen atoms in total. The predicted molar refractivity (Wildman–Crippen MR) is 119 cm³/mol. The van der Waals surface area contributed by atoms with Crippen LogP contribution in [-0.2, 0) is 12.8 Å². The summed E-state index contributed by atoms with van der Waals surface area (Å²) in [5, 5.41) is 9.88. The van der Waals surface area contributed by atoms with Gasteiger partial charge < -0.3 is 20.4 Å². The second kappa shape index (κ2) is 9.83. The van der Waals surface area contributed by atoms with E-state index in [1.54, 1.807) is 13.3 Å². The van der Waals surface area contributed by atoms with Gasteiger partial charge in [0.2, 0.25) is 0 Å². The van der Waals surface area contributed by atoms with Crippen molar-refractivity contribution in [2.45, 2.75) is 44.6 Å². The Bertz CT molecular complexity index is 862. The Morgan fingerprint density at radius 3 is 2.83 bits per heavy atom. The summed E-state index contributed by atoms with van der Waals surface area (Å²) in [5.41, 5.74) is 1.83. The molecule has 2 bridgehead atoms. The van der Waals surface area contributed by atoms with Crippen LogP contribution in [0.25, 0.3) is 0 Å². The largest absolute Gasteiger partial charge is 0.469 e. The molecule has 3 atom stereocenters. The first-order chi connectivity index (χ1) is 14.7. The second-order valence-electron chi connectivity index (χ2n) is 8.44. The monoisotopic (exact) mass is 408 g/mol. The molecule has 0 aliphatic heterocycles. The first-order valence-corrected chi connectivity index (χ1v) is 11.1. The lowest BCUT2D eigenvalue weighted by Gasteiger charge is -2.25. The summed E-state index contributed by atoms with van der Waals surface area (Å²) in [7, 11) is 1.66. The van der Waals surface area contributed by atoms with E-state index < -0.39 is 0 Å². The van der Waals surface area contributed by atoms with E-state index in [4.69, 9.17) is 9.41 Å². The van der Waals surface area contributed by atoms with E-state index in [0.29, 0.717) is 18.2 Å². The molecule has 160 valence electrons. The molecule has 0 radical (unpaired) electrons. The molecular formula is C24H32N4O2. The number of aliphatic imine (C=N–C) groups is 1. The van der Waals surface area contributed by atoms with Gasteiger partial charge >= 0.3 is 0 Å². The Morgan fingerprint density at radius 2 is 2.10 bits per heavy atom. The highest BCUT2D eigenvalue weighted by Gasteiger charge is 2.39. The number of carbonyl (C=O) groups excluding carboxylic acids is 1. The molecule has 1 aromatic heterocycles. The van der Waals surface area contributed by atoms with Crippen LogP contribution < -0.4 is 16.0 Å². The van der Waals surface area contributed by atoms with Crippen molar-refractivity contribution < 1.29 is 9.21 Å². The van der Waals surface area contributed by atoms with Crippen LogP contribution in [0.3, 0.4) is 0 Å². The van der Waals surface area contributed by atoms with Crippen LogP contribution in [0.5, 0.6) is 0 Å². The molecule has 3 unspecified atom stereocenters. The Labute approximate surface area is 178 Å². The number of hydrogen-bond acceptors (Lipinski definition) is 3. The van der Waals surface area contributed by atoms with Crippen molar-refractivity contribution in [3.8, 4) is 0 Å². The highest BCUT2D eigenvalue weighted by Crippen LogP contribution is 2.44. The van der Waals surface area contributed by atoms with Gasteiger partial charge in [0.15, 0.2) is 5.96 Å². The van der Waals surface area contributed by atoms with Gasteiger partial charge in [-0.15, -0.1) is 0 Å². The molecule has 2 aliphatic carbocycles. The maximum absolute atomic E-state index is 11.9. The minimum atomic E-state index is -0.0528. The van der Waals surface area contributed by atoms with E-state index in [1.165, 1.54) is 25.7 Å². The van der Waals surface area contributed by atoms with Gasteiger partial charge in [-0.3, -0.25) is 9.79 Å². The van der Waals surface area contributed by atoms with Gasteiger partial charge in [-0.1, -0.05) is 18.6 Å². The molecule has 2 aromatic rings. The van der Waals surface area contributed by atoms with E-state index in [-0.39, 0.29) is 5.91 Å². The number of carbonyl (C=O) groups is 1. The summed E-state index contributed by atoms with van der Waals surface area (Å²) in [6, 6.07) is 12.2. The maximum Gasteiger partial charge on any atom is 0.251 e. The number of furan rings is 1. The van der Waals surface area contributed by atoms with Crippen LogP contribution in [0.2, 0.25) is 0 Å². The molecule has 3 N–H and O–H groups in total. The molecule has 0 spiro atoms. The van der Waals surface area contributed by atoms with E-state index in [9.17, 15) is 4.79 Å². The van der Waals surface area contributed by atoms with Gasteiger partial charge in [0.25, 0.3) is 5.91 Å². The highest BCUT2D eigenvalue weighted by molar-refractivity contribution is 5.94. The number of nitrogens with one attached hydrogen (secondary N) is 3. The zero-order valence-electron chi connectivity index (χ0n) is 17.7. The Balaban J connectivity index is 1.33. The first kappa shape index (κ1) is 20.5. The van der Waals surface area contributed by atoms with Crippen LogP contribution in [0.4, 0.5) is 0 Å². The third kappa shape index (κ3) is 5.23. The van der Waals surface area contributed by atoms with Crippen molar-refractivity contribution in [1.82, 2.24) is 16.0 Å². The van der Waals surface area contributed by atoms with Crippen LogP contribution in [-0.4, -0.2) is 38.0 Å². The quantitative estimate of drug-likeness (QED) is 0.463. The average Bonchev–Trinajstić information content (AvgIpc) is 3.52. The maximum atomic E-state index is 11.9. The van der Waals surface area contributed by atoms with Crippen LogP contribution in [0.1, 0.15) is 47.4 Å². The van der Waals surface area contributed by atoms with Crippen molar-refractivity contribution in [1.29, 1.82) is 0 Å². The van der Waals surface area contributed by atoms with Gasteiger partial charge in [0.05, 0.1) is 6.26 Å². The fourth-order valence-electron chi connectivity index (χ4n) is 4.82. The number of hydrogen-bond donors (Lipinski definition) is 3. The number of amides is 1. The number of nitrogens with zero attached hydrogens (tertiary/aromatic N) is 1. The molecule has 1 amide bonds. The summed E-state index contributed by atoms with van der Waals surface area (Å²) in [6.07, 6.45) is 8.70. The number of benzene rings is 1. The van der Waals surface area contributed by atoms with Gasteiger partial charge in [-0.2, -0.15) is 0 Å². The lowest BCUT2D eigenvalue weighted by molar-refractivity contribution is 0.0963. The van der Waals surface area contributed by atoms with Crippen LogP contribution in [0.15, 0.2) is 52.1 Å². The minimum absolute atomic E-state index is 0.0528. The highest BCUT2D eigenvalue weighted by atomic mass is 16.3. The van der Waals surface area contributed by atoms with E-state index >= 15 is 0 Å². The van der Waals surface area contributed by atoms with Crippen molar-refractivity contribution in [3.63, 3.8) is 0 Å². The third-order valence-electron chi connectivity index (χ3n) is 6.39. The Morgan fingerprint density at radius 1 is 1.17 bits per heavy atom. The summed E-state index contributed by atoms with van der Waals surface area (Å²) < 4.78 is 5.42. The molecule has 2 aliphatic rings. The van der Waals surface area contributed by atoms with Gasteiger partial charge in [0, 0.05) is 38.2 Å². The topological polar surface area (TPSA) is 78.7 Å². The minimum Gasteiger partial charge on any atom is -0.469 e. The molecule has 4 rings (SSSR count). The summed E-state index contributed by atoms with van der Waals surface area (Å²) in [6.45, 7) is 1.46. The second-order valence-corrected chi connectivity index (χ2v) is 8.44. The molecule has 0 saturated heterocycles. The van der Waals surface area contributed by atoms with Crippen LogP contribution >= 0.6 is 0 Å². The number of guanidine groups is 1. The lowest BCUT2D eigenvalue weighted by atomic mass is 9.95. The molecule has 2 fully saturated rings. The molecule has 6 heteroatoms. The smallest absolute Gasteiger partial charge is 0.251 e.